The van der Waals surface area contributed by atoms with Gasteiger partial charge in [-0.3, -0.25) is 0 Å². The van der Waals surface area contributed by atoms with Crippen LogP contribution in [0.4, 0.5) is 18.9 Å². The molecule has 0 unspecified atom stereocenters. The molecular weight excluding hydrogens is 351 g/mol. The Morgan fingerprint density at radius 2 is 1.90 bits per heavy atom. The van der Waals surface area contributed by atoms with E-state index >= 15 is 0 Å². The van der Waals surface area contributed by atoms with Crippen LogP contribution in [0.15, 0.2) is 22.7 Å². The number of hydrogen-bond acceptors (Lipinski definition) is 3. The molecule has 2 rings (SSSR count). The highest BCUT2D eigenvalue weighted by Crippen LogP contribution is 2.34. The largest absolute Gasteiger partial charge is 0.573 e. The highest BCUT2D eigenvalue weighted by Gasteiger charge is 2.33. The summed E-state index contributed by atoms with van der Waals surface area (Å²) in [6, 6.07) is 4.37. The summed E-state index contributed by atoms with van der Waals surface area (Å²) in [5.74, 6) is -0.309. The van der Waals surface area contributed by atoms with Gasteiger partial charge in [-0.25, -0.2) is 0 Å². The molecule has 1 saturated carbocycles. The van der Waals surface area contributed by atoms with Gasteiger partial charge in [0.25, 0.3) is 0 Å². The normalized spacial score (nSPS) is 18.3. The molecule has 3 nitrogen and oxygen atoms in total. The van der Waals surface area contributed by atoms with E-state index in [-0.39, 0.29) is 18.0 Å². The number of hydrogen-bond donors (Lipinski definition) is 2. The monoisotopic (exact) mass is 367 g/mol. The molecule has 118 valence electrons. The minimum Gasteiger partial charge on any atom is -0.404 e. The van der Waals surface area contributed by atoms with Crippen molar-refractivity contribution in [2.75, 3.05) is 11.9 Å². The number of rotatable bonds is 4. The molecule has 0 aromatic heterocycles. The first-order chi connectivity index (χ1) is 9.77. The summed E-state index contributed by atoms with van der Waals surface area (Å²) in [5, 5.41) is 13.3. The van der Waals surface area contributed by atoms with Gasteiger partial charge >= 0.3 is 6.36 Å². The Kier molecular flexibility index (Phi) is 5.03. The van der Waals surface area contributed by atoms with Gasteiger partial charge < -0.3 is 15.2 Å². The fraction of sp³-hybridized carbons (Fsp3) is 0.571. The van der Waals surface area contributed by atoms with Gasteiger partial charge in [0, 0.05) is 11.0 Å². The van der Waals surface area contributed by atoms with E-state index in [4.69, 9.17) is 0 Å². The van der Waals surface area contributed by atoms with Crippen molar-refractivity contribution in [2.45, 2.75) is 44.1 Å². The maximum Gasteiger partial charge on any atom is 0.573 e. The van der Waals surface area contributed by atoms with Crippen LogP contribution in [0.1, 0.15) is 32.1 Å². The maximum atomic E-state index is 12.4. The molecule has 1 aromatic rings. The van der Waals surface area contributed by atoms with Crippen molar-refractivity contribution < 1.29 is 23.0 Å². The lowest BCUT2D eigenvalue weighted by Gasteiger charge is -2.32. The molecule has 7 heteroatoms. The molecule has 2 N–H and O–H groups in total. The van der Waals surface area contributed by atoms with Crippen molar-refractivity contribution in [3.8, 4) is 5.75 Å². The first-order valence-electron chi connectivity index (χ1n) is 6.79. The Bertz CT molecular complexity index is 488. The van der Waals surface area contributed by atoms with Crippen molar-refractivity contribution in [3.05, 3.63) is 22.7 Å². The maximum absolute atomic E-state index is 12.4. The van der Waals surface area contributed by atoms with E-state index in [2.05, 4.69) is 26.0 Å². The molecule has 0 heterocycles. The minimum absolute atomic E-state index is 0.211. The zero-order chi connectivity index (χ0) is 15.5. The number of aliphatic hydroxyl groups is 1. The van der Waals surface area contributed by atoms with E-state index in [0.717, 1.165) is 19.3 Å². The fourth-order valence-corrected chi connectivity index (χ4v) is 2.84. The predicted molar refractivity (Wildman–Crippen MR) is 77.3 cm³/mol. The molecule has 1 aromatic carbocycles. The molecule has 1 aliphatic carbocycles. The zero-order valence-electron chi connectivity index (χ0n) is 11.3. The average molecular weight is 368 g/mol. The van der Waals surface area contributed by atoms with E-state index < -0.39 is 12.0 Å². The van der Waals surface area contributed by atoms with Gasteiger partial charge in [0.1, 0.15) is 0 Å². The number of anilines is 1. The first-order valence-corrected chi connectivity index (χ1v) is 7.58. The summed E-state index contributed by atoms with van der Waals surface area (Å²) in [6.45, 7) is 0.211. The van der Waals surface area contributed by atoms with Crippen LogP contribution in [0.2, 0.25) is 0 Å². The molecule has 0 aliphatic heterocycles. The van der Waals surface area contributed by atoms with Crippen LogP contribution in [-0.2, 0) is 0 Å². The van der Waals surface area contributed by atoms with Gasteiger partial charge in [-0.2, -0.15) is 0 Å². The van der Waals surface area contributed by atoms with Gasteiger partial charge in [-0.15, -0.1) is 13.2 Å². The van der Waals surface area contributed by atoms with Crippen LogP contribution >= 0.6 is 15.9 Å². The third-order valence-corrected chi connectivity index (χ3v) is 4.05. The van der Waals surface area contributed by atoms with Crippen LogP contribution in [0.3, 0.4) is 0 Å². The summed E-state index contributed by atoms with van der Waals surface area (Å²) in [5.41, 5.74) is -0.643. The van der Waals surface area contributed by atoms with Gasteiger partial charge in [-0.1, -0.05) is 35.2 Å². The molecule has 0 bridgehead atoms. The van der Waals surface area contributed by atoms with Crippen molar-refractivity contribution in [2.24, 2.45) is 0 Å². The Hall–Kier alpha value is -0.950. The summed E-state index contributed by atoms with van der Waals surface area (Å²) in [7, 11) is 0. The van der Waals surface area contributed by atoms with Crippen molar-refractivity contribution in [3.63, 3.8) is 0 Å². The first kappa shape index (κ1) is 16.4. The number of benzene rings is 1. The average Bonchev–Trinajstić information content (AvgIpc) is 2.37. The highest BCUT2D eigenvalue weighted by molar-refractivity contribution is 9.10. The van der Waals surface area contributed by atoms with Gasteiger partial charge in [-0.05, 0) is 31.0 Å². The van der Waals surface area contributed by atoms with Gasteiger partial charge in [0.15, 0.2) is 5.75 Å². The fourth-order valence-electron chi connectivity index (χ4n) is 2.50. The Labute approximate surface area is 129 Å². The second kappa shape index (κ2) is 6.44. The molecule has 1 fully saturated rings. The van der Waals surface area contributed by atoms with Gasteiger partial charge in [0.05, 0.1) is 11.3 Å². The van der Waals surface area contributed by atoms with E-state index in [1.165, 1.54) is 12.1 Å². The quantitative estimate of drug-likeness (QED) is 0.825. The van der Waals surface area contributed by atoms with E-state index in [9.17, 15) is 18.3 Å². The predicted octanol–water partition coefficient (Wildman–Crippen LogP) is 4.45. The van der Waals surface area contributed by atoms with Crippen LogP contribution < -0.4 is 10.1 Å². The summed E-state index contributed by atoms with van der Waals surface area (Å²) in [6.07, 6.45) is -0.477. The topological polar surface area (TPSA) is 41.5 Å². The molecule has 21 heavy (non-hydrogen) atoms. The summed E-state index contributed by atoms with van der Waals surface area (Å²) in [4.78, 5) is 0. The smallest absolute Gasteiger partial charge is 0.404 e. The van der Waals surface area contributed by atoms with E-state index in [1.807, 2.05) is 0 Å². The minimum atomic E-state index is -4.75. The lowest BCUT2D eigenvalue weighted by atomic mass is 9.85. The van der Waals surface area contributed by atoms with Crippen molar-refractivity contribution in [1.29, 1.82) is 0 Å². The number of ether oxygens (including phenoxy) is 1. The van der Waals surface area contributed by atoms with E-state index in [0.29, 0.717) is 17.3 Å². The molecular formula is C14H17BrF3NO2. The third-order valence-electron chi connectivity index (χ3n) is 3.56. The van der Waals surface area contributed by atoms with Crippen LogP contribution in [-0.4, -0.2) is 23.6 Å². The number of halogens is 4. The van der Waals surface area contributed by atoms with Crippen molar-refractivity contribution in [1.82, 2.24) is 0 Å². The Morgan fingerprint density at radius 1 is 1.24 bits per heavy atom. The standard InChI is InChI=1S/C14H17BrF3NO2/c15-10-4-5-11(12(8-10)21-14(16,17)18)19-9-13(20)6-2-1-3-7-13/h4-5,8,19-20H,1-3,6-7,9H2. The molecule has 0 saturated heterocycles. The third kappa shape index (κ3) is 5.07. The Balaban J connectivity index is 2.08. The molecule has 1 aliphatic rings. The molecule has 0 radical (unpaired) electrons. The lowest BCUT2D eigenvalue weighted by molar-refractivity contribution is -0.274. The summed E-state index contributed by atoms with van der Waals surface area (Å²) < 4.78 is 41.7. The van der Waals surface area contributed by atoms with Crippen LogP contribution in [0.5, 0.6) is 5.75 Å². The highest BCUT2D eigenvalue weighted by atomic mass is 79.9. The Morgan fingerprint density at radius 3 is 2.52 bits per heavy atom. The molecule has 0 spiro atoms. The second-order valence-corrected chi connectivity index (χ2v) is 6.24. The van der Waals surface area contributed by atoms with Gasteiger partial charge in [0.2, 0.25) is 0 Å². The number of alkyl halides is 3. The zero-order valence-corrected chi connectivity index (χ0v) is 12.9. The SMILES string of the molecule is OC1(CNc2ccc(Br)cc2OC(F)(F)F)CCCCC1. The number of nitrogens with one attached hydrogen (secondary N) is 1. The summed E-state index contributed by atoms with van der Waals surface area (Å²) >= 11 is 3.12. The molecule has 0 atom stereocenters. The molecule has 0 amide bonds. The lowest BCUT2D eigenvalue weighted by Crippen LogP contribution is -2.38. The van der Waals surface area contributed by atoms with Crippen LogP contribution in [0, 0.1) is 0 Å². The van der Waals surface area contributed by atoms with Crippen molar-refractivity contribution >= 4 is 21.6 Å². The second-order valence-electron chi connectivity index (χ2n) is 5.33. The van der Waals surface area contributed by atoms with Crippen LogP contribution in [0.25, 0.3) is 0 Å². The van der Waals surface area contributed by atoms with E-state index in [1.54, 1.807) is 6.07 Å².